The molecule has 0 bridgehead atoms. The number of likely N-dealkylation sites (N-methyl/N-ethyl adjacent to an activating group) is 1. The zero-order valence-electron chi connectivity index (χ0n) is 26.3. The van der Waals surface area contributed by atoms with E-state index >= 15 is 4.39 Å². The summed E-state index contributed by atoms with van der Waals surface area (Å²) in [6.45, 7) is 8.66. The first-order valence-electron chi connectivity index (χ1n) is 15.9. The Hall–Kier alpha value is -4.23. The van der Waals surface area contributed by atoms with E-state index in [1.54, 1.807) is 23.4 Å². The molecule has 11 heteroatoms. The molecule has 1 unspecified atom stereocenters. The van der Waals surface area contributed by atoms with Crippen molar-refractivity contribution in [1.82, 2.24) is 24.3 Å². The van der Waals surface area contributed by atoms with Crippen LogP contribution in [0.5, 0.6) is 0 Å². The predicted octanol–water partition coefficient (Wildman–Crippen LogP) is 7.62. The lowest BCUT2D eigenvalue weighted by Crippen LogP contribution is -2.58. The topological polar surface area (TPSA) is 81.3 Å². The van der Waals surface area contributed by atoms with Gasteiger partial charge in [-0.15, -0.1) is 0 Å². The predicted molar refractivity (Wildman–Crippen MR) is 186 cm³/mol. The summed E-state index contributed by atoms with van der Waals surface area (Å²) in [6, 6.07) is 15.3. The number of hydrogen-bond donors (Lipinski definition) is 0. The van der Waals surface area contributed by atoms with Crippen molar-refractivity contribution < 1.29 is 9.18 Å². The molecular weight excluding hydrogens is 636 g/mol. The summed E-state index contributed by atoms with van der Waals surface area (Å²) in [7, 11) is 2.10. The summed E-state index contributed by atoms with van der Waals surface area (Å²) >= 11 is 13.7. The quantitative estimate of drug-likeness (QED) is 0.166. The summed E-state index contributed by atoms with van der Waals surface area (Å²) in [5.74, 6) is -0.0780. The molecule has 240 valence electrons. The highest BCUT2D eigenvalue weighted by atomic mass is 35.5. The minimum absolute atomic E-state index is 0.0839. The Morgan fingerprint density at radius 2 is 1.96 bits per heavy atom. The van der Waals surface area contributed by atoms with Crippen LogP contribution in [0.25, 0.3) is 43.8 Å². The molecule has 0 spiro atoms. The minimum Gasteiger partial charge on any atom is -0.351 e. The highest BCUT2D eigenvalue weighted by Gasteiger charge is 2.36. The Morgan fingerprint density at radius 3 is 2.68 bits per heavy atom. The van der Waals surface area contributed by atoms with Crippen LogP contribution in [-0.4, -0.2) is 75.6 Å². The normalized spacial score (nSPS) is 18.7. The highest BCUT2D eigenvalue weighted by molar-refractivity contribution is 6.38. The van der Waals surface area contributed by atoms with Crippen LogP contribution in [0.3, 0.4) is 0 Å². The van der Waals surface area contributed by atoms with E-state index in [-0.39, 0.29) is 40.5 Å². The van der Waals surface area contributed by atoms with Gasteiger partial charge in [-0.3, -0.25) is 4.79 Å². The van der Waals surface area contributed by atoms with Crippen molar-refractivity contribution in [3.05, 3.63) is 77.3 Å². The molecule has 0 aliphatic carbocycles. The Balaban J connectivity index is 1.43. The summed E-state index contributed by atoms with van der Waals surface area (Å²) in [5.41, 5.74) is 2.47. The standard InChI is InChI=1S/C36H34Cl2FN7O/c1-4-29(47)45-15-13-23(16-22(45)12-14-40)46-20-41-34-35(46)26-17-28(38)31(25-10-6-8-21-9-7-11-27(37)30(21)25)32(39)33(26)42-36(34)44-18-24(19-44)43(3)5-2/h4,6-11,17,20,22-24H,1,5,12-13,15-16,18-19H2,2-3H3/t22-,23?/m1/s1. The number of pyridine rings is 1. The van der Waals surface area contributed by atoms with Crippen LogP contribution in [0.4, 0.5) is 10.2 Å². The van der Waals surface area contributed by atoms with Gasteiger partial charge < -0.3 is 19.3 Å². The summed E-state index contributed by atoms with van der Waals surface area (Å²) in [6.07, 6.45) is 4.47. The van der Waals surface area contributed by atoms with Crippen LogP contribution in [0.2, 0.25) is 10.0 Å². The number of piperidine rings is 1. The van der Waals surface area contributed by atoms with Crippen LogP contribution >= 0.6 is 23.2 Å². The average Bonchev–Trinajstić information content (AvgIpc) is 3.50. The summed E-state index contributed by atoms with van der Waals surface area (Å²) < 4.78 is 19.2. The van der Waals surface area contributed by atoms with Gasteiger partial charge in [0.15, 0.2) is 11.6 Å². The van der Waals surface area contributed by atoms with Crippen molar-refractivity contribution in [3.8, 4) is 17.2 Å². The van der Waals surface area contributed by atoms with Crippen molar-refractivity contribution in [2.24, 2.45) is 0 Å². The Morgan fingerprint density at radius 1 is 1.19 bits per heavy atom. The number of carbonyl (C=O) groups is 1. The third kappa shape index (κ3) is 5.20. The molecule has 2 atom stereocenters. The molecule has 2 aliphatic rings. The van der Waals surface area contributed by atoms with Crippen LogP contribution in [0.15, 0.2) is 61.4 Å². The van der Waals surface area contributed by atoms with E-state index in [1.165, 1.54) is 6.08 Å². The number of imidazole rings is 1. The number of anilines is 1. The molecule has 2 aromatic heterocycles. The maximum absolute atomic E-state index is 17.1. The number of aromatic nitrogens is 3. The second-order valence-electron chi connectivity index (χ2n) is 12.4. The summed E-state index contributed by atoms with van der Waals surface area (Å²) in [5, 5.41) is 12.5. The molecule has 0 saturated carbocycles. The molecule has 47 heavy (non-hydrogen) atoms. The molecule has 3 aromatic carbocycles. The molecule has 0 N–H and O–H groups in total. The number of halogens is 3. The Labute approximate surface area is 282 Å². The van der Waals surface area contributed by atoms with Gasteiger partial charge in [-0.2, -0.15) is 5.26 Å². The number of nitrogens with zero attached hydrogens (tertiary/aromatic N) is 7. The van der Waals surface area contributed by atoms with Gasteiger partial charge in [-0.1, -0.05) is 67.0 Å². The minimum atomic E-state index is -0.521. The number of likely N-dealkylation sites (tertiary alicyclic amines) is 1. The summed E-state index contributed by atoms with van der Waals surface area (Å²) in [4.78, 5) is 28.6. The number of fused-ring (bicyclic) bond motifs is 4. The third-order valence-electron chi connectivity index (χ3n) is 9.94. The molecule has 2 fully saturated rings. The van der Waals surface area contributed by atoms with E-state index in [2.05, 4.69) is 41.0 Å². The molecule has 7 rings (SSSR count). The van der Waals surface area contributed by atoms with Gasteiger partial charge >= 0.3 is 0 Å². The first-order valence-corrected chi connectivity index (χ1v) is 16.6. The molecule has 2 saturated heterocycles. The largest absolute Gasteiger partial charge is 0.351 e. The second kappa shape index (κ2) is 12.4. The van der Waals surface area contributed by atoms with Crippen LogP contribution in [0, 0.1) is 17.1 Å². The van der Waals surface area contributed by atoms with Gasteiger partial charge in [0.2, 0.25) is 5.91 Å². The van der Waals surface area contributed by atoms with E-state index in [4.69, 9.17) is 33.2 Å². The zero-order valence-corrected chi connectivity index (χ0v) is 27.8. The fraction of sp³-hybridized carbons (Fsp3) is 0.333. The first kappa shape index (κ1) is 31.4. The van der Waals surface area contributed by atoms with E-state index in [9.17, 15) is 10.1 Å². The van der Waals surface area contributed by atoms with E-state index in [0.29, 0.717) is 52.7 Å². The van der Waals surface area contributed by atoms with Gasteiger partial charge in [0.1, 0.15) is 11.0 Å². The lowest BCUT2D eigenvalue weighted by atomic mass is 9.94. The molecule has 5 aromatic rings. The van der Waals surface area contributed by atoms with E-state index in [1.807, 2.05) is 30.3 Å². The van der Waals surface area contributed by atoms with Crippen molar-refractivity contribution in [1.29, 1.82) is 5.26 Å². The van der Waals surface area contributed by atoms with Gasteiger partial charge in [0.05, 0.1) is 29.4 Å². The smallest absolute Gasteiger partial charge is 0.246 e. The maximum atomic E-state index is 17.1. The average molecular weight is 671 g/mol. The molecule has 8 nitrogen and oxygen atoms in total. The Bertz CT molecular complexity index is 2100. The van der Waals surface area contributed by atoms with Gasteiger partial charge in [0, 0.05) is 59.1 Å². The van der Waals surface area contributed by atoms with Gasteiger partial charge in [-0.25, -0.2) is 14.4 Å². The number of rotatable bonds is 7. The number of hydrogen-bond acceptors (Lipinski definition) is 6. The molecule has 2 aliphatic heterocycles. The molecular formula is C36H34Cl2FN7O. The molecule has 0 radical (unpaired) electrons. The van der Waals surface area contributed by atoms with E-state index < -0.39 is 5.82 Å². The first-order chi connectivity index (χ1) is 22.7. The van der Waals surface area contributed by atoms with Crippen molar-refractivity contribution in [2.75, 3.05) is 38.1 Å². The van der Waals surface area contributed by atoms with Crippen molar-refractivity contribution in [2.45, 2.75) is 44.3 Å². The van der Waals surface area contributed by atoms with Crippen molar-refractivity contribution in [3.63, 3.8) is 0 Å². The number of benzene rings is 3. The second-order valence-corrected chi connectivity index (χ2v) is 13.2. The van der Waals surface area contributed by atoms with Crippen LogP contribution < -0.4 is 4.90 Å². The molecule has 4 heterocycles. The monoisotopic (exact) mass is 669 g/mol. The van der Waals surface area contributed by atoms with Gasteiger partial charge in [0.25, 0.3) is 0 Å². The lowest BCUT2D eigenvalue weighted by Gasteiger charge is -2.44. The Kier molecular flexibility index (Phi) is 8.29. The number of amides is 1. The zero-order chi connectivity index (χ0) is 33.0. The lowest BCUT2D eigenvalue weighted by molar-refractivity contribution is -0.130. The fourth-order valence-corrected chi connectivity index (χ4v) is 7.83. The third-order valence-corrected chi connectivity index (χ3v) is 10.6. The highest BCUT2D eigenvalue weighted by Crippen LogP contribution is 2.44. The van der Waals surface area contributed by atoms with Crippen molar-refractivity contribution >= 4 is 67.6 Å². The SMILES string of the molecule is C=CC(=O)N1CCC(n2cnc3c(N4CC(N(C)CC)C4)nc4c(F)c(-c5cccc6cccc(Cl)c56)c(Cl)cc4c32)C[C@H]1CC#N. The maximum Gasteiger partial charge on any atom is 0.246 e. The van der Waals surface area contributed by atoms with E-state index in [0.717, 1.165) is 35.9 Å². The van der Waals surface area contributed by atoms with Crippen LogP contribution in [-0.2, 0) is 4.79 Å². The fourth-order valence-electron chi connectivity index (χ4n) is 7.25. The van der Waals surface area contributed by atoms with Crippen LogP contribution in [0.1, 0.15) is 32.2 Å². The number of carbonyl (C=O) groups excluding carboxylic acids is 1. The van der Waals surface area contributed by atoms with Gasteiger partial charge in [-0.05, 0) is 55.6 Å². The molecule has 1 amide bonds. The number of nitriles is 1.